The molecule has 1 aliphatic rings. The zero-order valence-electron chi connectivity index (χ0n) is 14.4. The molecule has 0 radical (unpaired) electrons. The van der Waals surface area contributed by atoms with Crippen molar-refractivity contribution in [3.63, 3.8) is 0 Å². The van der Waals surface area contributed by atoms with E-state index in [0.29, 0.717) is 13.2 Å². The minimum Gasteiger partial charge on any atom is -0.486 e. The lowest BCUT2D eigenvalue weighted by atomic mass is 9.92. The highest BCUT2D eigenvalue weighted by molar-refractivity contribution is 5.61. The molecule has 0 spiro atoms. The Morgan fingerprint density at radius 1 is 1.17 bits per heavy atom. The van der Waals surface area contributed by atoms with E-state index in [1.54, 1.807) is 0 Å². The van der Waals surface area contributed by atoms with Crippen molar-refractivity contribution in [2.45, 2.75) is 20.4 Å². The first kappa shape index (κ1) is 15.9. The average molecular weight is 315 g/mol. The van der Waals surface area contributed by atoms with Crippen LogP contribution < -0.4 is 9.47 Å². The Kier molecular flexibility index (Phi) is 4.31. The molecule has 0 aliphatic carbocycles. The van der Waals surface area contributed by atoms with Gasteiger partial charge in [0.2, 0.25) is 0 Å². The third-order valence-electron chi connectivity index (χ3n) is 3.86. The van der Waals surface area contributed by atoms with Gasteiger partial charge in [-0.2, -0.15) is 0 Å². The van der Waals surface area contributed by atoms with Crippen LogP contribution >= 0.6 is 0 Å². The highest BCUT2D eigenvalue weighted by Crippen LogP contribution is 2.34. The van der Waals surface area contributed by atoms with Crippen LogP contribution in [-0.4, -0.2) is 48.3 Å². The molecule has 0 saturated carbocycles. The average Bonchev–Trinajstić information content (AvgIpc) is 2.92. The Morgan fingerprint density at radius 3 is 2.65 bits per heavy atom. The number of benzene rings is 1. The molecular weight excluding hydrogens is 290 g/mol. The molecule has 1 aromatic carbocycles. The molecule has 0 bridgehead atoms. The maximum Gasteiger partial charge on any atom is 0.162 e. The highest BCUT2D eigenvalue weighted by Gasteiger charge is 2.22. The molecular formula is C18H25N3O2. The van der Waals surface area contributed by atoms with Gasteiger partial charge in [-0.1, -0.05) is 13.8 Å². The van der Waals surface area contributed by atoms with Crippen molar-refractivity contribution in [1.82, 2.24) is 14.5 Å². The summed E-state index contributed by atoms with van der Waals surface area (Å²) in [5.41, 5.74) is 1.21. The van der Waals surface area contributed by atoms with Gasteiger partial charge < -0.3 is 18.9 Å². The predicted octanol–water partition coefficient (Wildman–Crippen LogP) is 2.91. The maximum atomic E-state index is 5.69. The summed E-state index contributed by atoms with van der Waals surface area (Å²) >= 11 is 0. The summed E-state index contributed by atoms with van der Waals surface area (Å²) < 4.78 is 13.5. The van der Waals surface area contributed by atoms with Crippen LogP contribution in [0.15, 0.2) is 30.6 Å². The number of nitrogens with zero attached hydrogens (tertiary/aromatic N) is 3. The van der Waals surface area contributed by atoms with E-state index in [4.69, 9.17) is 9.47 Å². The van der Waals surface area contributed by atoms with Crippen molar-refractivity contribution >= 4 is 0 Å². The first-order chi connectivity index (χ1) is 10.9. The fourth-order valence-corrected chi connectivity index (χ4v) is 3.25. The highest BCUT2D eigenvalue weighted by atomic mass is 16.6. The Hall–Kier alpha value is -2.01. The number of ether oxygens (including phenoxy) is 2. The third kappa shape index (κ3) is 3.67. The molecule has 2 heterocycles. The minimum atomic E-state index is 0.159. The Morgan fingerprint density at radius 2 is 1.91 bits per heavy atom. The number of imidazole rings is 1. The van der Waals surface area contributed by atoms with E-state index in [2.05, 4.69) is 42.4 Å². The predicted molar refractivity (Wildman–Crippen MR) is 91.0 cm³/mol. The van der Waals surface area contributed by atoms with Gasteiger partial charge in [0.15, 0.2) is 11.5 Å². The summed E-state index contributed by atoms with van der Waals surface area (Å²) in [6.07, 6.45) is 3.90. The SMILES string of the molecule is CN(C)CC(C)(C)Cn1ccnc1-c1ccc2c(c1)OCCO2. The van der Waals surface area contributed by atoms with E-state index in [9.17, 15) is 0 Å². The molecule has 5 heteroatoms. The van der Waals surface area contributed by atoms with Crippen LogP contribution in [0.3, 0.4) is 0 Å². The smallest absolute Gasteiger partial charge is 0.162 e. The van der Waals surface area contributed by atoms with E-state index < -0.39 is 0 Å². The zero-order chi connectivity index (χ0) is 16.4. The lowest BCUT2D eigenvalue weighted by Crippen LogP contribution is -2.32. The fourth-order valence-electron chi connectivity index (χ4n) is 3.25. The minimum absolute atomic E-state index is 0.159. The Balaban J connectivity index is 1.86. The number of hydrogen-bond acceptors (Lipinski definition) is 4. The van der Waals surface area contributed by atoms with E-state index >= 15 is 0 Å². The Labute approximate surface area is 137 Å². The molecule has 23 heavy (non-hydrogen) atoms. The van der Waals surface area contributed by atoms with Crippen molar-refractivity contribution in [3.05, 3.63) is 30.6 Å². The normalized spacial score (nSPS) is 14.3. The van der Waals surface area contributed by atoms with Crippen molar-refractivity contribution in [1.29, 1.82) is 0 Å². The van der Waals surface area contributed by atoms with Crippen molar-refractivity contribution < 1.29 is 9.47 Å². The van der Waals surface area contributed by atoms with E-state index in [1.165, 1.54) is 0 Å². The van der Waals surface area contributed by atoms with Gasteiger partial charge in [0.1, 0.15) is 19.0 Å². The second-order valence-corrected chi connectivity index (χ2v) is 7.14. The van der Waals surface area contributed by atoms with E-state index in [0.717, 1.165) is 36.0 Å². The largest absolute Gasteiger partial charge is 0.486 e. The second-order valence-electron chi connectivity index (χ2n) is 7.14. The van der Waals surface area contributed by atoms with Crippen LogP contribution in [0.25, 0.3) is 11.4 Å². The molecule has 0 N–H and O–H groups in total. The summed E-state index contributed by atoms with van der Waals surface area (Å²) in [7, 11) is 4.22. The second kappa shape index (κ2) is 6.24. The number of hydrogen-bond donors (Lipinski definition) is 0. The van der Waals surface area contributed by atoms with Crippen LogP contribution in [0.2, 0.25) is 0 Å². The summed E-state index contributed by atoms with van der Waals surface area (Å²) in [5.74, 6) is 2.58. The third-order valence-corrected chi connectivity index (χ3v) is 3.86. The number of aromatic nitrogens is 2. The van der Waals surface area contributed by atoms with Gasteiger partial charge in [-0.25, -0.2) is 4.98 Å². The Bertz CT molecular complexity index is 677. The lowest BCUT2D eigenvalue weighted by Gasteiger charge is -2.29. The molecule has 0 unspecified atom stereocenters. The maximum absolute atomic E-state index is 5.69. The van der Waals surface area contributed by atoms with Crippen molar-refractivity contribution in [2.24, 2.45) is 5.41 Å². The quantitative estimate of drug-likeness (QED) is 0.850. The summed E-state index contributed by atoms with van der Waals surface area (Å²) in [6.45, 7) is 7.70. The van der Waals surface area contributed by atoms with Gasteiger partial charge in [0, 0.05) is 31.0 Å². The van der Waals surface area contributed by atoms with Gasteiger partial charge >= 0.3 is 0 Å². The molecule has 0 amide bonds. The molecule has 1 aliphatic heterocycles. The van der Waals surface area contributed by atoms with Crippen LogP contribution in [-0.2, 0) is 6.54 Å². The summed E-state index contributed by atoms with van der Waals surface area (Å²) in [5, 5.41) is 0. The molecule has 124 valence electrons. The molecule has 1 aromatic heterocycles. The number of rotatable bonds is 5. The topological polar surface area (TPSA) is 39.5 Å². The van der Waals surface area contributed by atoms with Gasteiger partial charge in [0.25, 0.3) is 0 Å². The summed E-state index contributed by atoms with van der Waals surface area (Å²) in [6, 6.07) is 6.03. The molecule has 0 atom stereocenters. The van der Waals surface area contributed by atoms with E-state index in [1.807, 2.05) is 30.6 Å². The van der Waals surface area contributed by atoms with Crippen molar-refractivity contribution in [2.75, 3.05) is 33.9 Å². The van der Waals surface area contributed by atoms with Crippen molar-refractivity contribution in [3.8, 4) is 22.9 Å². The fraction of sp³-hybridized carbons (Fsp3) is 0.500. The van der Waals surface area contributed by atoms with Gasteiger partial charge in [-0.15, -0.1) is 0 Å². The van der Waals surface area contributed by atoms with E-state index in [-0.39, 0.29) is 5.41 Å². The molecule has 5 nitrogen and oxygen atoms in total. The monoisotopic (exact) mass is 315 g/mol. The zero-order valence-corrected chi connectivity index (χ0v) is 14.4. The van der Waals surface area contributed by atoms with Crippen LogP contribution in [0.5, 0.6) is 11.5 Å². The van der Waals surface area contributed by atoms with Crippen LogP contribution in [0.4, 0.5) is 0 Å². The van der Waals surface area contributed by atoms with Crippen LogP contribution in [0.1, 0.15) is 13.8 Å². The lowest BCUT2D eigenvalue weighted by molar-refractivity contribution is 0.171. The molecule has 2 aromatic rings. The molecule has 0 saturated heterocycles. The van der Waals surface area contributed by atoms with Gasteiger partial charge in [0.05, 0.1) is 0 Å². The first-order valence-electron chi connectivity index (χ1n) is 8.00. The molecule has 3 rings (SSSR count). The van der Waals surface area contributed by atoms with Gasteiger partial charge in [-0.05, 0) is 37.7 Å². The summed E-state index contributed by atoms with van der Waals surface area (Å²) in [4.78, 5) is 6.77. The van der Waals surface area contributed by atoms with Crippen LogP contribution in [0, 0.1) is 5.41 Å². The number of fused-ring (bicyclic) bond motifs is 1. The standard InChI is InChI=1S/C18H25N3O2/c1-18(2,12-20(3)4)13-21-8-7-19-17(21)14-5-6-15-16(11-14)23-10-9-22-15/h5-8,11H,9-10,12-13H2,1-4H3. The molecule has 0 fully saturated rings. The first-order valence-corrected chi connectivity index (χ1v) is 8.00. The van der Waals surface area contributed by atoms with Gasteiger partial charge in [-0.3, -0.25) is 0 Å².